The summed E-state index contributed by atoms with van der Waals surface area (Å²) in [4.78, 5) is 11.4. The number of furan rings is 1. The summed E-state index contributed by atoms with van der Waals surface area (Å²) in [6.07, 6.45) is 1.72. The number of para-hydroxylation sites is 2. The first-order chi connectivity index (χ1) is 30.1. The first-order valence-electron chi connectivity index (χ1n) is 21.3. The van der Waals surface area contributed by atoms with Crippen molar-refractivity contribution in [3.05, 3.63) is 211 Å². The number of benzene rings is 9. The number of nitrogens with zero attached hydrogens (tertiary/aromatic N) is 3. The number of rotatable bonds is 5. The highest BCUT2D eigenvalue weighted by atomic mass is 16.3. The van der Waals surface area contributed by atoms with Gasteiger partial charge in [-0.05, 0) is 93.4 Å². The Morgan fingerprint density at radius 1 is 0.508 bits per heavy atom. The minimum atomic E-state index is -0.239. The fourth-order valence-corrected chi connectivity index (χ4v) is 9.73. The highest BCUT2D eigenvalue weighted by molar-refractivity contribution is 6.18. The molecule has 1 aliphatic rings. The molecule has 0 fully saturated rings. The van der Waals surface area contributed by atoms with E-state index in [0.29, 0.717) is 0 Å². The van der Waals surface area contributed by atoms with Gasteiger partial charge in [-0.15, -0.1) is 0 Å². The molecule has 2 aromatic heterocycles. The lowest BCUT2D eigenvalue weighted by atomic mass is 9.87. The van der Waals surface area contributed by atoms with E-state index in [0.717, 1.165) is 74.1 Å². The Morgan fingerprint density at radius 3 is 2.00 bits per heavy atom. The third-order valence-electron chi connectivity index (χ3n) is 12.8. The number of fused-ring (bicyclic) bond motifs is 8. The van der Waals surface area contributed by atoms with Gasteiger partial charge in [0.05, 0.1) is 22.8 Å². The molecule has 0 saturated carbocycles. The van der Waals surface area contributed by atoms with Crippen LogP contribution in [0.15, 0.2) is 209 Å². The van der Waals surface area contributed by atoms with Crippen molar-refractivity contribution in [3.63, 3.8) is 0 Å². The SMILES string of the molecule is CC1CC/C(c2ccc(-c3ccccc3)cc2)=N\C(c2cccc3ccccc23)=N/C1c1cc(-n2c3ccccc3c3cc4ccccc4cc32)cc2c1oc1ccccc12. The van der Waals surface area contributed by atoms with Crippen molar-refractivity contribution in [2.45, 2.75) is 25.8 Å². The van der Waals surface area contributed by atoms with Crippen LogP contribution in [0.1, 0.15) is 42.5 Å². The van der Waals surface area contributed by atoms with Crippen LogP contribution in [0.25, 0.3) is 82.1 Å². The molecule has 4 heteroatoms. The van der Waals surface area contributed by atoms with Gasteiger partial charge >= 0.3 is 0 Å². The van der Waals surface area contributed by atoms with Crippen molar-refractivity contribution in [3.8, 4) is 16.8 Å². The van der Waals surface area contributed by atoms with Crippen LogP contribution < -0.4 is 0 Å². The van der Waals surface area contributed by atoms with E-state index < -0.39 is 0 Å². The molecule has 2 unspecified atom stereocenters. The number of aromatic nitrogens is 1. The van der Waals surface area contributed by atoms with Crippen molar-refractivity contribution in [1.82, 2.24) is 4.57 Å². The predicted octanol–water partition coefficient (Wildman–Crippen LogP) is 15.1. The average Bonchev–Trinajstić information content (AvgIpc) is 3.85. The van der Waals surface area contributed by atoms with Crippen LogP contribution >= 0.6 is 0 Å². The zero-order valence-corrected chi connectivity index (χ0v) is 33.8. The maximum atomic E-state index is 6.90. The van der Waals surface area contributed by atoms with Gasteiger partial charge in [-0.2, -0.15) is 0 Å². The summed E-state index contributed by atoms with van der Waals surface area (Å²) < 4.78 is 9.34. The predicted molar refractivity (Wildman–Crippen MR) is 256 cm³/mol. The molecule has 0 radical (unpaired) electrons. The van der Waals surface area contributed by atoms with Crippen LogP contribution in [0.2, 0.25) is 0 Å². The van der Waals surface area contributed by atoms with Gasteiger partial charge < -0.3 is 8.98 Å². The van der Waals surface area contributed by atoms with Crippen molar-refractivity contribution >= 4 is 76.8 Å². The van der Waals surface area contributed by atoms with Crippen molar-refractivity contribution < 1.29 is 4.42 Å². The van der Waals surface area contributed by atoms with Crippen LogP contribution in [0, 0.1) is 5.92 Å². The van der Waals surface area contributed by atoms with E-state index in [-0.39, 0.29) is 12.0 Å². The summed E-state index contributed by atoms with van der Waals surface area (Å²) in [7, 11) is 0. The minimum Gasteiger partial charge on any atom is -0.456 e. The zero-order chi connectivity index (χ0) is 40.4. The Bertz CT molecular complexity index is 3550. The Labute approximate surface area is 353 Å². The van der Waals surface area contributed by atoms with E-state index in [9.17, 15) is 0 Å². The third-order valence-corrected chi connectivity index (χ3v) is 12.8. The molecule has 290 valence electrons. The smallest absolute Gasteiger partial charge is 0.156 e. The molecule has 0 N–H and O–H groups in total. The maximum absolute atomic E-state index is 6.90. The molecule has 12 rings (SSSR count). The fraction of sp³-hybridized carbons (Fsp3) is 0.0877. The van der Waals surface area contributed by atoms with Crippen molar-refractivity contribution in [2.24, 2.45) is 15.9 Å². The molecule has 4 nitrogen and oxygen atoms in total. The molecule has 2 atom stereocenters. The third kappa shape index (κ3) is 5.97. The van der Waals surface area contributed by atoms with Gasteiger partial charge in [0, 0.05) is 38.4 Å². The molecule has 11 aromatic rings. The summed E-state index contributed by atoms with van der Waals surface area (Å²) in [5, 5.41) is 9.42. The molecule has 0 amide bonds. The first-order valence-corrected chi connectivity index (χ1v) is 21.3. The normalized spacial score (nSPS) is 17.7. The van der Waals surface area contributed by atoms with Gasteiger partial charge in [-0.1, -0.05) is 165 Å². The van der Waals surface area contributed by atoms with E-state index in [4.69, 9.17) is 14.4 Å². The summed E-state index contributed by atoms with van der Waals surface area (Å²) in [5.41, 5.74) is 11.9. The van der Waals surface area contributed by atoms with Crippen molar-refractivity contribution in [2.75, 3.05) is 0 Å². The van der Waals surface area contributed by atoms with Gasteiger partial charge in [0.25, 0.3) is 0 Å². The standard InChI is InChI=1S/C57H41N3O/c1-36-26-31-51(40-29-27-38(28-30-40)37-14-3-2-4-15-37)58-57(47-23-13-19-39-16-7-8-20-44(39)47)59-55(36)50-35-43(34-49-46-22-10-12-25-54(46)61-56(49)50)60-52-24-11-9-21-45(52)48-32-41-17-5-6-18-42(41)33-53(48)60/h2-25,27-30,32-36,55H,26,31H2,1H3/b58-51+,59-57-. The summed E-state index contributed by atoms with van der Waals surface area (Å²) in [5.74, 6) is 0.904. The van der Waals surface area contributed by atoms with Gasteiger partial charge in [-0.25, -0.2) is 4.99 Å². The second-order valence-electron chi connectivity index (χ2n) is 16.5. The monoisotopic (exact) mass is 783 g/mol. The Kier molecular flexibility index (Phi) is 8.31. The molecule has 9 aromatic carbocycles. The lowest BCUT2D eigenvalue weighted by Crippen LogP contribution is -2.18. The quantitative estimate of drug-likeness (QED) is 0.171. The lowest BCUT2D eigenvalue weighted by molar-refractivity contribution is 0.444. The van der Waals surface area contributed by atoms with E-state index in [1.54, 1.807) is 0 Å². The maximum Gasteiger partial charge on any atom is 0.156 e. The van der Waals surface area contributed by atoms with Crippen LogP contribution in [0.4, 0.5) is 0 Å². The van der Waals surface area contributed by atoms with Gasteiger partial charge in [-0.3, -0.25) is 4.99 Å². The zero-order valence-electron chi connectivity index (χ0n) is 33.8. The van der Waals surface area contributed by atoms with Crippen LogP contribution in [-0.2, 0) is 0 Å². The molecule has 0 bridgehead atoms. The first kappa shape index (κ1) is 35.4. The lowest BCUT2D eigenvalue weighted by Gasteiger charge is -2.26. The number of aliphatic imine (C=N–C) groups is 2. The molecule has 0 spiro atoms. The molecule has 0 aliphatic carbocycles. The van der Waals surface area contributed by atoms with Gasteiger partial charge in [0.15, 0.2) is 5.84 Å². The summed E-state index contributed by atoms with van der Waals surface area (Å²) in [6, 6.07) is 69.5. The van der Waals surface area contributed by atoms with Gasteiger partial charge in [0.1, 0.15) is 11.2 Å². The topological polar surface area (TPSA) is 42.8 Å². The van der Waals surface area contributed by atoms with Crippen LogP contribution in [0.3, 0.4) is 0 Å². The molecular formula is C57H41N3O. The fourth-order valence-electron chi connectivity index (χ4n) is 9.73. The Morgan fingerprint density at radius 2 is 1.16 bits per heavy atom. The molecular weight excluding hydrogens is 743 g/mol. The molecule has 61 heavy (non-hydrogen) atoms. The van der Waals surface area contributed by atoms with Crippen LogP contribution in [-0.4, -0.2) is 16.1 Å². The second-order valence-corrected chi connectivity index (χ2v) is 16.5. The number of hydrogen-bond donors (Lipinski definition) is 0. The highest BCUT2D eigenvalue weighted by Crippen LogP contribution is 2.43. The van der Waals surface area contributed by atoms with E-state index in [1.165, 1.54) is 49.1 Å². The van der Waals surface area contributed by atoms with E-state index in [2.05, 4.69) is 206 Å². The number of amidine groups is 1. The number of hydrogen-bond acceptors (Lipinski definition) is 3. The Hall–Kier alpha value is -7.56. The molecule has 3 heterocycles. The molecule has 1 aliphatic heterocycles. The van der Waals surface area contributed by atoms with Gasteiger partial charge in [0.2, 0.25) is 0 Å². The molecule has 0 saturated heterocycles. The van der Waals surface area contributed by atoms with Crippen LogP contribution in [0.5, 0.6) is 0 Å². The summed E-state index contributed by atoms with van der Waals surface area (Å²) >= 11 is 0. The largest absolute Gasteiger partial charge is 0.456 e. The Balaban J connectivity index is 1.11. The van der Waals surface area contributed by atoms with E-state index in [1.807, 2.05) is 0 Å². The van der Waals surface area contributed by atoms with Crippen molar-refractivity contribution in [1.29, 1.82) is 0 Å². The second kappa shape index (κ2) is 14.3. The van der Waals surface area contributed by atoms with E-state index >= 15 is 0 Å². The minimum absolute atomic E-state index is 0.160. The summed E-state index contributed by atoms with van der Waals surface area (Å²) in [6.45, 7) is 2.35. The highest BCUT2D eigenvalue weighted by Gasteiger charge is 2.29. The average molecular weight is 784 g/mol.